The van der Waals surface area contributed by atoms with Gasteiger partial charge in [-0.3, -0.25) is 14.7 Å². The lowest BCUT2D eigenvalue weighted by Gasteiger charge is -2.37. The van der Waals surface area contributed by atoms with Crippen LogP contribution in [0.25, 0.3) is 0 Å². The van der Waals surface area contributed by atoms with Gasteiger partial charge in [0.15, 0.2) is 0 Å². The van der Waals surface area contributed by atoms with E-state index in [9.17, 15) is 9.59 Å². The Kier molecular flexibility index (Phi) is 5.72. The van der Waals surface area contributed by atoms with Gasteiger partial charge < -0.3 is 10.2 Å². The van der Waals surface area contributed by atoms with Gasteiger partial charge in [-0.25, -0.2) is 9.69 Å². The first kappa shape index (κ1) is 20.3. The second-order valence-electron chi connectivity index (χ2n) is 8.48. The van der Waals surface area contributed by atoms with Gasteiger partial charge in [0.05, 0.1) is 6.67 Å². The molecule has 2 aliphatic heterocycles. The fourth-order valence-electron chi connectivity index (χ4n) is 4.44. The van der Waals surface area contributed by atoms with E-state index >= 15 is 0 Å². The van der Waals surface area contributed by atoms with E-state index < -0.39 is 5.54 Å². The zero-order chi connectivity index (χ0) is 21.1. The normalized spacial score (nSPS) is 22.6. The molecule has 30 heavy (non-hydrogen) atoms. The van der Waals surface area contributed by atoms with Crippen molar-refractivity contribution < 1.29 is 9.59 Å². The number of rotatable bonds is 6. The Bertz CT molecular complexity index is 881. The van der Waals surface area contributed by atoms with E-state index in [-0.39, 0.29) is 17.9 Å². The van der Waals surface area contributed by atoms with Crippen molar-refractivity contribution in [2.75, 3.05) is 37.7 Å². The summed E-state index contributed by atoms with van der Waals surface area (Å²) in [4.78, 5) is 36.3. The van der Waals surface area contributed by atoms with Gasteiger partial charge >= 0.3 is 6.03 Å². The Morgan fingerprint density at radius 1 is 1.00 bits per heavy atom. The summed E-state index contributed by atoms with van der Waals surface area (Å²) in [7, 11) is 0. The van der Waals surface area contributed by atoms with Gasteiger partial charge in [0.2, 0.25) is 0 Å². The second kappa shape index (κ2) is 8.44. The Morgan fingerprint density at radius 2 is 1.67 bits per heavy atom. The number of hydrogen-bond donors (Lipinski definition) is 1. The maximum absolute atomic E-state index is 13.5. The molecule has 0 radical (unpaired) electrons. The van der Waals surface area contributed by atoms with Crippen LogP contribution in [0.2, 0.25) is 0 Å². The Balaban J connectivity index is 1.46. The van der Waals surface area contributed by atoms with Gasteiger partial charge in [0, 0.05) is 44.3 Å². The minimum absolute atomic E-state index is 0.149. The van der Waals surface area contributed by atoms with Crippen molar-refractivity contribution in [3.05, 3.63) is 60.4 Å². The number of urea groups is 1. The number of nitrogens with one attached hydrogen (secondary N) is 1. The number of hydrogen-bond acceptors (Lipinski definition) is 5. The molecular formula is C23H29N5O2. The van der Waals surface area contributed by atoms with Crippen LogP contribution in [-0.4, -0.2) is 59.6 Å². The predicted octanol–water partition coefficient (Wildman–Crippen LogP) is 2.65. The Morgan fingerprint density at radius 3 is 2.30 bits per heavy atom. The summed E-state index contributed by atoms with van der Waals surface area (Å²) in [6.07, 6.45) is 4.17. The molecule has 158 valence electrons. The lowest BCUT2D eigenvalue weighted by atomic mass is 9.82. The van der Waals surface area contributed by atoms with E-state index in [0.717, 1.165) is 37.4 Å². The first-order chi connectivity index (χ1) is 14.5. The summed E-state index contributed by atoms with van der Waals surface area (Å²) in [6, 6.07) is 13.3. The topological polar surface area (TPSA) is 68.8 Å². The molecule has 0 aliphatic carbocycles. The van der Waals surface area contributed by atoms with Crippen LogP contribution in [0, 0.1) is 5.92 Å². The number of aromatic nitrogens is 1. The van der Waals surface area contributed by atoms with Gasteiger partial charge in [-0.1, -0.05) is 44.2 Å². The van der Waals surface area contributed by atoms with Crippen LogP contribution >= 0.6 is 0 Å². The molecule has 1 aromatic carbocycles. The average Bonchev–Trinajstić information content (AvgIpc) is 3.00. The summed E-state index contributed by atoms with van der Waals surface area (Å²) in [5.74, 6) is 0.113. The standard InChI is InChI=1S/C23H29N5O2/c1-18(2)16-23(19-6-4-3-5-7-19)21(29)28(22(30)25-23)17-26-12-14-27(15-13-26)20-8-10-24-11-9-20/h3-11,18H,12-17H2,1-2H3,(H,25,30)/t23-/m1/s1. The Hall–Kier alpha value is -2.93. The van der Waals surface area contributed by atoms with Crippen LogP contribution in [-0.2, 0) is 10.3 Å². The molecule has 1 aromatic heterocycles. The van der Waals surface area contributed by atoms with E-state index in [2.05, 4.69) is 33.9 Å². The monoisotopic (exact) mass is 407 g/mol. The van der Waals surface area contributed by atoms with Gasteiger partial charge in [-0.05, 0) is 30.0 Å². The highest BCUT2D eigenvalue weighted by Crippen LogP contribution is 2.35. The van der Waals surface area contributed by atoms with Crippen LogP contribution in [0.1, 0.15) is 25.8 Å². The van der Waals surface area contributed by atoms with Crippen molar-refractivity contribution in [2.45, 2.75) is 25.8 Å². The van der Waals surface area contributed by atoms with Gasteiger partial charge in [0.25, 0.3) is 5.91 Å². The molecule has 2 saturated heterocycles. The van der Waals surface area contributed by atoms with E-state index in [1.807, 2.05) is 42.5 Å². The maximum Gasteiger partial charge on any atom is 0.326 e. The largest absolute Gasteiger partial charge is 0.369 e. The quantitative estimate of drug-likeness (QED) is 0.746. The minimum Gasteiger partial charge on any atom is -0.369 e. The third kappa shape index (κ3) is 3.89. The lowest BCUT2D eigenvalue weighted by molar-refractivity contribution is -0.133. The first-order valence-electron chi connectivity index (χ1n) is 10.6. The van der Waals surface area contributed by atoms with Crippen LogP contribution in [0.5, 0.6) is 0 Å². The molecule has 2 aliphatic rings. The summed E-state index contributed by atoms with van der Waals surface area (Å²) < 4.78 is 0. The SMILES string of the molecule is CC(C)C[C@]1(c2ccccc2)NC(=O)N(CN2CCN(c3ccncc3)CC2)C1=O. The highest BCUT2D eigenvalue weighted by molar-refractivity contribution is 6.07. The molecule has 2 aromatic rings. The summed E-state index contributed by atoms with van der Waals surface area (Å²) >= 11 is 0. The number of amides is 3. The summed E-state index contributed by atoms with van der Waals surface area (Å²) in [6.45, 7) is 7.76. The van der Waals surface area contributed by atoms with Crippen molar-refractivity contribution in [3.8, 4) is 0 Å². The lowest BCUT2D eigenvalue weighted by Crippen LogP contribution is -2.52. The number of pyridine rings is 1. The van der Waals surface area contributed by atoms with Crippen LogP contribution in [0.4, 0.5) is 10.5 Å². The molecule has 0 unspecified atom stereocenters. The van der Waals surface area contributed by atoms with Crippen LogP contribution in [0.15, 0.2) is 54.9 Å². The maximum atomic E-state index is 13.5. The molecular weight excluding hydrogens is 378 g/mol. The fourth-order valence-corrected chi connectivity index (χ4v) is 4.44. The van der Waals surface area contributed by atoms with Gasteiger partial charge in [-0.2, -0.15) is 0 Å². The van der Waals surface area contributed by atoms with Gasteiger partial charge in [0.1, 0.15) is 5.54 Å². The third-order valence-electron chi connectivity index (χ3n) is 5.90. The van der Waals surface area contributed by atoms with Gasteiger partial charge in [-0.15, -0.1) is 0 Å². The number of anilines is 1. The molecule has 0 bridgehead atoms. The minimum atomic E-state index is -0.981. The molecule has 1 atom stereocenters. The highest BCUT2D eigenvalue weighted by atomic mass is 16.2. The zero-order valence-corrected chi connectivity index (χ0v) is 17.6. The van der Waals surface area contributed by atoms with E-state index in [0.29, 0.717) is 13.1 Å². The van der Waals surface area contributed by atoms with Crippen LogP contribution in [0.3, 0.4) is 0 Å². The van der Waals surface area contributed by atoms with Crippen molar-refractivity contribution in [2.24, 2.45) is 5.92 Å². The number of piperazine rings is 1. The fraction of sp³-hybridized carbons (Fsp3) is 0.435. The molecule has 0 saturated carbocycles. The number of carbonyl (C=O) groups excluding carboxylic acids is 2. The smallest absolute Gasteiger partial charge is 0.326 e. The molecule has 1 N–H and O–H groups in total. The third-order valence-corrected chi connectivity index (χ3v) is 5.90. The second-order valence-corrected chi connectivity index (χ2v) is 8.48. The Labute approximate surface area is 177 Å². The first-order valence-corrected chi connectivity index (χ1v) is 10.6. The predicted molar refractivity (Wildman–Crippen MR) is 116 cm³/mol. The van der Waals surface area contributed by atoms with E-state index in [1.54, 1.807) is 12.4 Å². The summed E-state index contributed by atoms with van der Waals surface area (Å²) in [5.41, 5.74) is 1.02. The molecule has 3 heterocycles. The van der Waals surface area contributed by atoms with Crippen molar-refractivity contribution >= 4 is 17.6 Å². The van der Waals surface area contributed by atoms with E-state index in [4.69, 9.17) is 0 Å². The summed E-state index contributed by atoms with van der Waals surface area (Å²) in [5, 5.41) is 3.03. The average molecular weight is 408 g/mol. The molecule has 3 amide bonds. The number of benzene rings is 1. The van der Waals surface area contributed by atoms with Crippen molar-refractivity contribution in [1.29, 1.82) is 0 Å². The highest BCUT2D eigenvalue weighted by Gasteiger charge is 2.52. The van der Waals surface area contributed by atoms with Crippen LogP contribution < -0.4 is 10.2 Å². The molecule has 2 fully saturated rings. The van der Waals surface area contributed by atoms with E-state index in [1.165, 1.54) is 4.90 Å². The van der Waals surface area contributed by atoms with Crippen molar-refractivity contribution in [3.63, 3.8) is 0 Å². The number of nitrogens with zero attached hydrogens (tertiary/aromatic N) is 4. The molecule has 7 nitrogen and oxygen atoms in total. The number of carbonyl (C=O) groups is 2. The molecule has 7 heteroatoms. The zero-order valence-electron chi connectivity index (χ0n) is 17.6. The van der Waals surface area contributed by atoms with Crippen molar-refractivity contribution in [1.82, 2.24) is 20.1 Å². The molecule has 0 spiro atoms. The molecule has 4 rings (SSSR count). The number of imide groups is 1.